The molecule has 1 aromatic rings. The summed E-state index contributed by atoms with van der Waals surface area (Å²) in [5, 5.41) is 0. The number of rotatable bonds is 3. The highest BCUT2D eigenvalue weighted by Crippen LogP contribution is 2.39. The van der Waals surface area contributed by atoms with Gasteiger partial charge >= 0.3 is 0 Å². The highest BCUT2D eigenvalue weighted by atomic mass is 16.7. The Morgan fingerprint density at radius 3 is 2.79 bits per heavy atom. The molecule has 2 N–H and O–H groups in total. The lowest BCUT2D eigenvalue weighted by Gasteiger charge is -2.35. The number of benzene rings is 1. The zero-order valence-electron chi connectivity index (χ0n) is 14.0. The SMILES string of the molecule is NCC1(Cc2cccc3c2OCO3)C=CC(N2CCCCC2)=NC1. The van der Waals surface area contributed by atoms with Gasteiger partial charge in [-0.15, -0.1) is 0 Å². The maximum Gasteiger partial charge on any atom is 0.231 e. The number of nitrogens with zero attached hydrogens (tertiary/aromatic N) is 2. The van der Waals surface area contributed by atoms with Crippen molar-refractivity contribution < 1.29 is 9.47 Å². The Hall–Kier alpha value is -2.01. The Balaban J connectivity index is 1.51. The van der Waals surface area contributed by atoms with Gasteiger partial charge in [0.1, 0.15) is 5.84 Å². The van der Waals surface area contributed by atoms with E-state index in [1.807, 2.05) is 12.1 Å². The Morgan fingerprint density at radius 1 is 1.17 bits per heavy atom. The highest BCUT2D eigenvalue weighted by molar-refractivity contribution is 5.93. The lowest BCUT2D eigenvalue weighted by atomic mass is 9.79. The third-order valence-corrected chi connectivity index (χ3v) is 5.25. The average Bonchev–Trinajstić information content (AvgIpc) is 3.13. The molecule has 0 spiro atoms. The molecule has 0 saturated carbocycles. The van der Waals surface area contributed by atoms with E-state index < -0.39 is 0 Å². The molecule has 1 unspecified atom stereocenters. The molecule has 1 aromatic carbocycles. The van der Waals surface area contributed by atoms with E-state index in [0.29, 0.717) is 13.3 Å². The second-order valence-electron chi connectivity index (χ2n) is 6.95. The first-order valence-electron chi connectivity index (χ1n) is 8.86. The number of ether oxygens (including phenoxy) is 2. The number of piperidine rings is 1. The average molecular weight is 327 g/mol. The maximum atomic E-state index is 6.15. The molecule has 4 rings (SSSR count). The minimum Gasteiger partial charge on any atom is -0.454 e. The van der Waals surface area contributed by atoms with E-state index in [1.165, 1.54) is 19.3 Å². The molecular formula is C19H25N3O2. The molecular weight excluding hydrogens is 302 g/mol. The van der Waals surface area contributed by atoms with Crippen LogP contribution in [0.15, 0.2) is 35.3 Å². The van der Waals surface area contributed by atoms with Crippen LogP contribution in [-0.4, -0.2) is 43.7 Å². The Bertz CT molecular complexity index is 665. The van der Waals surface area contributed by atoms with Crippen molar-refractivity contribution in [2.24, 2.45) is 16.1 Å². The molecule has 1 saturated heterocycles. The smallest absolute Gasteiger partial charge is 0.231 e. The summed E-state index contributed by atoms with van der Waals surface area (Å²) in [6.07, 6.45) is 9.12. The molecule has 3 aliphatic heterocycles. The summed E-state index contributed by atoms with van der Waals surface area (Å²) in [5.41, 5.74) is 7.16. The molecule has 5 nitrogen and oxygen atoms in total. The fraction of sp³-hybridized carbons (Fsp3) is 0.526. The quantitative estimate of drug-likeness (QED) is 0.926. The Morgan fingerprint density at radius 2 is 2.04 bits per heavy atom. The molecule has 0 amide bonds. The van der Waals surface area contributed by atoms with E-state index in [-0.39, 0.29) is 5.41 Å². The van der Waals surface area contributed by atoms with Gasteiger partial charge in [-0.25, -0.2) is 0 Å². The van der Waals surface area contributed by atoms with E-state index in [2.05, 4.69) is 23.1 Å². The number of nitrogens with two attached hydrogens (primary N) is 1. The van der Waals surface area contributed by atoms with Crippen molar-refractivity contribution in [2.75, 3.05) is 33.0 Å². The van der Waals surface area contributed by atoms with Crippen LogP contribution < -0.4 is 15.2 Å². The number of amidine groups is 1. The highest BCUT2D eigenvalue weighted by Gasteiger charge is 2.32. The molecule has 0 radical (unpaired) electrons. The number of para-hydroxylation sites is 1. The van der Waals surface area contributed by atoms with E-state index in [0.717, 1.165) is 49.0 Å². The van der Waals surface area contributed by atoms with Gasteiger partial charge in [-0.05, 0) is 43.4 Å². The molecule has 0 aromatic heterocycles. The van der Waals surface area contributed by atoms with Gasteiger partial charge in [0.05, 0.1) is 6.54 Å². The third kappa shape index (κ3) is 2.88. The van der Waals surface area contributed by atoms with Gasteiger partial charge in [-0.1, -0.05) is 18.2 Å². The second kappa shape index (κ2) is 6.48. The van der Waals surface area contributed by atoms with Gasteiger partial charge < -0.3 is 20.1 Å². The number of likely N-dealkylation sites (tertiary alicyclic amines) is 1. The lowest BCUT2D eigenvalue weighted by Crippen LogP contribution is -2.41. The molecule has 1 atom stereocenters. The fourth-order valence-corrected chi connectivity index (χ4v) is 3.75. The van der Waals surface area contributed by atoms with Crippen LogP contribution in [0.3, 0.4) is 0 Å². The van der Waals surface area contributed by atoms with Gasteiger partial charge in [0.2, 0.25) is 6.79 Å². The minimum absolute atomic E-state index is 0.139. The van der Waals surface area contributed by atoms with E-state index in [1.54, 1.807) is 0 Å². The van der Waals surface area contributed by atoms with Gasteiger partial charge in [0.25, 0.3) is 0 Å². The van der Waals surface area contributed by atoms with Crippen molar-refractivity contribution in [3.05, 3.63) is 35.9 Å². The Kier molecular flexibility index (Phi) is 4.19. The molecule has 1 fully saturated rings. The maximum absolute atomic E-state index is 6.15. The minimum atomic E-state index is -0.139. The zero-order chi connectivity index (χ0) is 16.4. The normalized spacial score (nSPS) is 25.7. The molecule has 3 aliphatic rings. The van der Waals surface area contributed by atoms with Gasteiger partial charge in [0.15, 0.2) is 11.5 Å². The number of fused-ring (bicyclic) bond motifs is 1. The fourth-order valence-electron chi connectivity index (χ4n) is 3.75. The van der Waals surface area contributed by atoms with Crippen molar-refractivity contribution in [1.82, 2.24) is 4.90 Å². The van der Waals surface area contributed by atoms with Crippen LogP contribution in [0, 0.1) is 5.41 Å². The van der Waals surface area contributed by atoms with Gasteiger partial charge in [0, 0.05) is 25.0 Å². The standard InChI is InChI=1S/C19H25N3O2/c20-12-19(11-15-5-4-6-16-18(15)24-14-23-16)8-7-17(21-13-19)22-9-2-1-3-10-22/h4-8H,1-3,9-14,20H2. The summed E-state index contributed by atoms with van der Waals surface area (Å²) >= 11 is 0. The topological polar surface area (TPSA) is 60.1 Å². The van der Waals surface area contributed by atoms with Crippen LogP contribution in [0.5, 0.6) is 11.5 Å². The summed E-state index contributed by atoms with van der Waals surface area (Å²) < 4.78 is 11.1. The summed E-state index contributed by atoms with van der Waals surface area (Å²) in [4.78, 5) is 7.27. The molecule has 5 heteroatoms. The second-order valence-corrected chi connectivity index (χ2v) is 6.95. The van der Waals surface area contributed by atoms with Crippen molar-refractivity contribution in [3.63, 3.8) is 0 Å². The third-order valence-electron chi connectivity index (χ3n) is 5.25. The monoisotopic (exact) mass is 327 g/mol. The van der Waals surface area contributed by atoms with Crippen LogP contribution in [-0.2, 0) is 6.42 Å². The number of dihydropyridines is 1. The van der Waals surface area contributed by atoms with Crippen LogP contribution >= 0.6 is 0 Å². The molecule has 0 bridgehead atoms. The molecule has 24 heavy (non-hydrogen) atoms. The van der Waals surface area contributed by atoms with Crippen LogP contribution in [0.4, 0.5) is 0 Å². The van der Waals surface area contributed by atoms with Gasteiger partial charge in [-0.3, -0.25) is 4.99 Å². The first-order valence-corrected chi connectivity index (χ1v) is 8.86. The largest absolute Gasteiger partial charge is 0.454 e. The molecule has 3 heterocycles. The first kappa shape index (κ1) is 15.5. The summed E-state index contributed by atoms with van der Waals surface area (Å²) in [6, 6.07) is 6.06. The first-order chi connectivity index (χ1) is 11.8. The molecule has 128 valence electrons. The predicted molar refractivity (Wildman–Crippen MR) is 94.6 cm³/mol. The van der Waals surface area contributed by atoms with Crippen LogP contribution in [0.25, 0.3) is 0 Å². The summed E-state index contributed by atoms with van der Waals surface area (Å²) in [6.45, 7) is 3.85. The Labute approximate surface area is 143 Å². The van der Waals surface area contributed by atoms with Crippen molar-refractivity contribution in [1.29, 1.82) is 0 Å². The predicted octanol–water partition coefficient (Wildman–Crippen LogP) is 2.36. The number of hydrogen-bond donors (Lipinski definition) is 1. The summed E-state index contributed by atoms with van der Waals surface area (Å²) in [5.74, 6) is 2.82. The van der Waals surface area contributed by atoms with Crippen molar-refractivity contribution in [2.45, 2.75) is 25.7 Å². The van der Waals surface area contributed by atoms with Crippen molar-refractivity contribution >= 4 is 5.84 Å². The van der Waals surface area contributed by atoms with E-state index >= 15 is 0 Å². The van der Waals surface area contributed by atoms with Crippen LogP contribution in [0.2, 0.25) is 0 Å². The van der Waals surface area contributed by atoms with Crippen LogP contribution in [0.1, 0.15) is 24.8 Å². The lowest BCUT2D eigenvalue weighted by molar-refractivity contribution is 0.172. The van der Waals surface area contributed by atoms with Crippen molar-refractivity contribution in [3.8, 4) is 11.5 Å². The van der Waals surface area contributed by atoms with Gasteiger partial charge in [-0.2, -0.15) is 0 Å². The summed E-state index contributed by atoms with van der Waals surface area (Å²) in [7, 11) is 0. The molecule has 0 aliphatic carbocycles. The number of aliphatic imine (C=N–C) groups is 1. The van der Waals surface area contributed by atoms with E-state index in [9.17, 15) is 0 Å². The number of hydrogen-bond acceptors (Lipinski definition) is 5. The zero-order valence-corrected chi connectivity index (χ0v) is 14.0. The van der Waals surface area contributed by atoms with E-state index in [4.69, 9.17) is 20.2 Å².